The monoisotopic (exact) mass is 293 g/mol. The Bertz CT molecular complexity index is 429. The van der Waals surface area contributed by atoms with Crippen LogP contribution in [-0.2, 0) is 0 Å². The largest absolute Gasteiger partial charge is 0.339 e. The third-order valence-corrected chi connectivity index (χ3v) is 4.88. The molecule has 1 aromatic rings. The second kappa shape index (κ2) is 6.91. The van der Waals surface area contributed by atoms with E-state index < -0.39 is 0 Å². The first-order valence-corrected chi connectivity index (χ1v) is 8.46. The van der Waals surface area contributed by atoms with Crippen molar-refractivity contribution < 1.29 is 4.52 Å². The van der Waals surface area contributed by atoms with E-state index in [0.717, 1.165) is 31.0 Å². The van der Waals surface area contributed by atoms with Crippen LogP contribution in [0.1, 0.15) is 96.2 Å². The Kier molecular flexibility index (Phi) is 5.42. The molecule has 0 aliphatic heterocycles. The van der Waals surface area contributed by atoms with E-state index in [-0.39, 0.29) is 6.04 Å². The molecule has 1 saturated carbocycles. The summed E-state index contributed by atoms with van der Waals surface area (Å²) in [5.74, 6) is 2.57. The zero-order valence-corrected chi connectivity index (χ0v) is 14.1. The molecule has 2 atom stereocenters. The van der Waals surface area contributed by atoms with E-state index >= 15 is 0 Å². The lowest BCUT2D eigenvalue weighted by Crippen LogP contribution is -2.20. The number of aromatic nitrogens is 2. The van der Waals surface area contributed by atoms with Crippen LogP contribution in [-0.4, -0.2) is 16.2 Å². The molecule has 4 nitrogen and oxygen atoms in total. The molecular formula is C17H31N3O. The molecule has 21 heavy (non-hydrogen) atoms. The van der Waals surface area contributed by atoms with Gasteiger partial charge in [-0.15, -0.1) is 0 Å². The van der Waals surface area contributed by atoms with Crippen LogP contribution in [0.5, 0.6) is 0 Å². The number of nitrogens with zero attached hydrogens (tertiary/aromatic N) is 2. The molecule has 2 unspecified atom stereocenters. The van der Waals surface area contributed by atoms with E-state index in [1.54, 1.807) is 0 Å². The van der Waals surface area contributed by atoms with Gasteiger partial charge in [-0.1, -0.05) is 32.3 Å². The van der Waals surface area contributed by atoms with E-state index in [9.17, 15) is 0 Å². The Labute approximate surface area is 128 Å². The first-order chi connectivity index (χ1) is 9.87. The average Bonchev–Trinajstić information content (AvgIpc) is 2.87. The van der Waals surface area contributed by atoms with Crippen LogP contribution in [0.4, 0.5) is 0 Å². The van der Waals surface area contributed by atoms with Gasteiger partial charge in [-0.3, -0.25) is 0 Å². The zero-order chi connectivity index (χ0) is 15.5. The van der Waals surface area contributed by atoms with Gasteiger partial charge in [0.15, 0.2) is 5.82 Å². The van der Waals surface area contributed by atoms with Gasteiger partial charge >= 0.3 is 0 Å². The summed E-state index contributed by atoms with van der Waals surface area (Å²) in [6.45, 7) is 8.93. The molecule has 0 radical (unpaired) electrons. The fraction of sp³-hybridized carbons (Fsp3) is 0.882. The quantitative estimate of drug-likeness (QED) is 0.845. The Hall–Kier alpha value is -0.900. The molecule has 0 aromatic carbocycles. The first kappa shape index (κ1) is 16.5. The van der Waals surface area contributed by atoms with Crippen LogP contribution in [0.15, 0.2) is 4.52 Å². The number of hydrogen-bond donors (Lipinski definition) is 1. The van der Waals surface area contributed by atoms with E-state index in [2.05, 4.69) is 37.8 Å². The minimum Gasteiger partial charge on any atom is -0.339 e. The highest BCUT2D eigenvalue weighted by Crippen LogP contribution is 2.41. The molecule has 2 N–H and O–H groups in total. The van der Waals surface area contributed by atoms with Crippen molar-refractivity contribution in [2.24, 2.45) is 11.1 Å². The molecule has 1 aliphatic rings. The van der Waals surface area contributed by atoms with Crippen molar-refractivity contribution >= 4 is 0 Å². The Morgan fingerprint density at radius 1 is 1.24 bits per heavy atom. The lowest BCUT2D eigenvalue weighted by molar-refractivity contribution is 0.218. The van der Waals surface area contributed by atoms with Crippen molar-refractivity contribution in [2.45, 2.75) is 90.5 Å². The van der Waals surface area contributed by atoms with Gasteiger partial charge in [-0.05, 0) is 50.9 Å². The van der Waals surface area contributed by atoms with Crippen molar-refractivity contribution in [2.75, 3.05) is 0 Å². The molecule has 4 heteroatoms. The fourth-order valence-corrected chi connectivity index (χ4v) is 3.14. The summed E-state index contributed by atoms with van der Waals surface area (Å²) < 4.78 is 5.50. The van der Waals surface area contributed by atoms with Gasteiger partial charge in [-0.25, -0.2) is 0 Å². The highest BCUT2D eigenvalue weighted by Gasteiger charge is 2.30. The van der Waals surface area contributed by atoms with Gasteiger partial charge in [-0.2, -0.15) is 4.98 Å². The van der Waals surface area contributed by atoms with Crippen LogP contribution in [0.3, 0.4) is 0 Å². The minimum absolute atomic E-state index is 0.279. The van der Waals surface area contributed by atoms with Crippen LogP contribution in [0.25, 0.3) is 0 Å². The van der Waals surface area contributed by atoms with Crippen molar-refractivity contribution in [3.05, 3.63) is 11.7 Å². The summed E-state index contributed by atoms with van der Waals surface area (Å²) in [5.41, 5.74) is 6.27. The van der Waals surface area contributed by atoms with Crippen LogP contribution in [0.2, 0.25) is 0 Å². The third kappa shape index (κ3) is 4.80. The van der Waals surface area contributed by atoms with Gasteiger partial charge in [0.25, 0.3) is 0 Å². The standard InChI is InChI=1S/C17H31N3O/c1-12(6-5-7-13(2)18)16-19-15(20-21-16)14-8-10-17(3,4)11-9-14/h12-14H,5-11,18H2,1-4H3. The zero-order valence-electron chi connectivity index (χ0n) is 14.1. The maximum absolute atomic E-state index is 5.79. The Morgan fingerprint density at radius 3 is 2.52 bits per heavy atom. The number of rotatable bonds is 6. The highest BCUT2D eigenvalue weighted by molar-refractivity contribution is 5.01. The Balaban J connectivity index is 1.86. The topological polar surface area (TPSA) is 64.9 Å². The number of nitrogens with two attached hydrogens (primary N) is 1. The SMILES string of the molecule is CC(N)CCCC(C)c1nc(C2CCC(C)(C)CC2)no1. The second-order valence-corrected chi connectivity index (χ2v) is 7.74. The Morgan fingerprint density at radius 2 is 1.90 bits per heavy atom. The van der Waals surface area contributed by atoms with E-state index in [1.807, 2.05) is 0 Å². The van der Waals surface area contributed by atoms with Gasteiger partial charge in [0, 0.05) is 17.9 Å². The highest BCUT2D eigenvalue weighted by atomic mass is 16.5. The molecule has 1 fully saturated rings. The second-order valence-electron chi connectivity index (χ2n) is 7.74. The van der Waals surface area contributed by atoms with Gasteiger partial charge in [0.05, 0.1) is 0 Å². The predicted octanol–water partition coefficient (Wildman–Crippen LogP) is 4.37. The molecule has 0 bridgehead atoms. The van der Waals surface area contributed by atoms with Crippen molar-refractivity contribution in [1.29, 1.82) is 0 Å². The van der Waals surface area contributed by atoms with Crippen molar-refractivity contribution in [3.63, 3.8) is 0 Å². The van der Waals surface area contributed by atoms with Gasteiger partial charge in [0.1, 0.15) is 0 Å². The van der Waals surface area contributed by atoms with Crippen molar-refractivity contribution in [1.82, 2.24) is 10.1 Å². The summed E-state index contributed by atoms with van der Waals surface area (Å²) in [7, 11) is 0. The maximum atomic E-state index is 5.79. The van der Waals surface area contributed by atoms with E-state index in [1.165, 1.54) is 25.7 Å². The molecule has 1 aromatic heterocycles. The molecule has 2 rings (SSSR count). The lowest BCUT2D eigenvalue weighted by atomic mass is 9.73. The molecular weight excluding hydrogens is 262 g/mol. The van der Waals surface area contributed by atoms with Gasteiger partial charge < -0.3 is 10.3 Å². The fourth-order valence-electron chi connectivity index (χ4n) is 3.14. The van der Waals surface area contributed by atoms with Crippen LogP contribution < -0.4 is 5.73 Å². The lowest BCUT2D eigenvalue weighted by Gasteiger charge is -2.32. The molecule has 120 valence electrons. The smallest absolute Gasteiger partial charge is 0.229 e. The molecule has 0 saturated heterocycles. The molecule has 0 spiro atoms. The predicted molar refractivity (Wildman–Crippen MR) is 85.2 cm³/mol. The minimum atomic E-state index is 0.279. The first-order valence-electron chi connectivity index (χ1n) is 8.46. The summed E-state index contributed by atoms with van der Waals surface area (Å²) in [4.78, 5) is 4.67. The summed E-state index contributed by atoms with van der Waals surface area (Å²) >= 11 is 0. The molecule has 0 amide bonds. The average molecular weight is 293 g/mol. The molecule has 1 heterocycles. The van der Waals surface area contributed by atoms with Gasteiger partial charge in [0.2, 0.25) is 5.89 Å². The van der Waals surface area contributed by atoms with E-state index in [0.29, 0.717) is 17.3 Å². The molecule has 1 aliphatic carbocycles. The van der Waals surface area contributed by atoms with Crippen molar-refractivity contribution in [3.8, 4) is 0 Å². The summed E-state index contributed by atoms with van der Waals surface area (Å²) in [6, 6.07) is 0.279. The summed E-state index contributed by atoms with van der Waals surface area (Å²) in [5, 5.41) is 4.24. The third-order valence-electron chi connectivity index (χ3n) is 4.88. The summed E-state index contributed by atoms with van der Waals surface area (Å²) in [6.07, 6.45) is 8.13. The maximum Gasteiger partial charge on any atom is 0.229 e. The van der Waals surface area contributed by atoms with Crippen LogP contribution >= 0.6 is 0 Å². The van der Waals surface area contributed by atoms with Crippen LogP contribution in [0, 0.1) is 5.41 Å². The number of hydrogen-bond acceptors (Lipinski definition) is 4. The normalized spacial score (nSPS) is 22.1. The van der Waals surface area contributed by atoms with E-state index in [4.69, 9.17) is 10.3 Å².